The summed E-state index contributed by atoms with van der Waals surface area (Å²) in [5.41, 5.74) is 6.56. The highest BCUT2D eigenvalue weighted by Crippen LogP contribution is 2.44. The van der Waals surface area contributed by atoms with Crippen LogP contribution in [0.3, 0.4) is 0 Å². The maximum Gasteiger partial charge on any atom is 0.418 e. The summed E-state index contributed by atoms with van der Waals surface area (Å²) in [4.78, 5) is 13.2. The Morgan fingerprint density at radius 3 is 2.65 bits per heavy atom. The van der Waals surface area contributed by atoms with Crippen molar-refractivity contribution in [3.8, 4) is 6.01 Å². The lowest BCUT2D eigenvalue weighted by Crippen LogP contribution is -2.32. The van der Waals surface area contributed by atoms with Gasteiger partial charge in [-0.1, -0.05) is 18.5 Å². The number of anilines is 2. The molecule has 4 aliphatic heterocycles. The molecule has 0 aliphatic carbocycles. The Kier molecular flexibility index (Phi) is 9.64. The van der Waals surface area contributed by atoms with Crippen LogP contribution < -0.4 is 15.4 Å². The molecule has 4 aliphatic rings. The van der Waals surface area contributed by atoms with E-state index in [1.807, 2.05) is 0 Å². The molecule has 236 valence electrons. The van der Waals surface area contributed by atoms with Gasteiger partial charge in [0.05, 0.1) is 49.3 Å². The Hall–Kier alpha value is -2.74. The highest BCUT2D eigenvalue weighted by molar-refractivity contribution is 6.31. The van der Waals surface area contributed by atoms with Gasteiger partial charge in [0, 0.05) is 48.9 Å². The Morgan fingerprint density at radius 1 is 1.16 bits per heavy atom. The Balaban J connectivity index is 0.000000279. The number of ether oxygens (including phenoxy) is 3. The molecule has 5 heterocycles. The van der Waals surface area contributed by atoms with Gasteiger partial charge in [-0.3, -0.25) is 4.90 Å². The molecular weight excluding hydrogens is 597 g/mol. The highest BCUT2D eigenvalue weighted by Gasteiger charge is 2.40. The quantitative estimate of drug-likeness (QED) is 0.325. The van der Waals surface area contributed by atoms with Gasteiger partial charge in [-0.15, -0.1) is 0 Å². The Labute approximate surface area is 251 Å². The molecule has 2 N–H and O–H groups in total. The van der Waals surface area contributed by atoms with E-state index in [0.29, 0.717) is 55.9 Å². The molecule has 2 aromatic rings. The van der Waals surface area contributed by atoms with Gasteiger partial charge in [-0.25, -0.2) is 0 Å². The zero-order chi connectivity index (χ0) is 30.9. The molecule has 3 fully saturated rings. The summed E-state index contributed by atoms with van der Waals surface area (Å²) in [6, 6.07) is 2.94. The van der Waals surface area contributed by atoms with Gasteiger partial charge in [0.25, 0.3) is 6.08 Å². The molecule has 3 saturated heterocycles. The maximum absolute atomic E-state index is 13.7. The predicted octanol–water partition coefficient (Wildman–Crippen LogP) is 6.03. The van der Waals surface area contributed by atoms with Gasteiger partial charge >= 0.3 is 12.2 Å². The van der Waals surface area contributed by atoms with Crippen molar-refractivity contribution in [3.05, 3.63) is 51.2 Å². The molecule has 8 nitrogen and oxygen atoms in total. The van der Waals surface area contributed by atoms with Crippen molar-refractivity contribution < 1.29 is 36.2 Å². The SMILES string of the molecule is COc1nc2c(c(N3CCOCC(C)C3)n1)COC(c1cc(N)cc(Cl)c1C(F)(F)F)C2.FC(F)=C1CC2CCCN2C1. The molecule has 43 heavy (non-hydrogen) atoms. The number of halogens is 6. The van der Waals surface area contributed by atoms with Crippen molar-refractivity contribution in [2.24, 2.45) is 5.92 Å². The van der Waals surface area contributed by atoms with Crippen LogP contribution in [-0.4, -0.2) is 67.4 Å². The second kappa shape index (κ2) is 13.1. The molecule has 3 unspecified atom stereocenters. The number of nitrogens with two attached hydrogens (primary N) is 1. The normalized spacial score (nSPS) is 24.1. The second-order valence-corrected chi connectivity index (χ2v) is 11.8. The molecule has 1 aromatic heterocycles. The van der Waals surface area contributed by atoms with Crippen molar-refractivity contribution in [3.63, 3.8) is 0 Å². The minimum absolute atomic E-state index is 0.0504. The van der Waals surface area contributed by atoms with Gasteiger partial charge in [0.1, 0.15) is 5.82 Å². The number of methoxy groups -OCH3 is 1. The number of benzene rings is 1. The first kappa shape index (κ1) is 31.7. The fraction of sp³-hybridized carbons (Fsp3) is 0.586. The number of alkyl halides is 3. The summed E-state index contributed by atoms with van der Waals surface area (Å²) >= 11 is 5.92. The third-order valence-electron chi connectivity index (χ3n) is 8.20. The van der Waals surface area contributed by atoms with E-state index in [0.717, 1.165) is 31.1 Å². The van der Waals surface area contributed by atoms with Crippen LogP contribution in [0.5, 0.6) is 6.01 Å². The van der Waals surface area contributed by atoms with Crippen LogP contribution >= 0.6 is 11.6 Å². The smallest absolute Gasteiger partial charge is 0.418 e. The summed E-state index contributed by atoms with van der Waals surface area (Å²) in [7, 11) is 1.45. The molecule has 0 spiro atoms. The van der Waals surface area contributed by atoms with Crippen LogP contribution in [0.15, 0.2) is 23.8 Å². The lowest BCUT2D eigenvalue weighted by molar-refractivity contribution is -0.139. The van der Waals surface area contributed by atoms with Crippen LogP contribution in [0.1, 0.15) is 54.7 Å². The number of aromatic nitrogens is 2. The van der Waals surface area contributed by atoms with E-state index in [1.54, 1.807) is 0 Å². The fourth-order valence-electron chi connectivity index (χ4n) is 6.22. The van der Waals surface area contributed by atoms with Gasteiger partial charge in [-0.2, -0.15) is 31.9 Å². The zero-order valence-electron chi connectivity index (χ0n) is 24.0. The largest absolute Gasteiger partial charge is 0.467 e. The second-order valence-electron chi connectivity index (χ2n) is 11.4. The average molecular weight is 632 g/mol. The Bertz CT molecular complexity index is 1340. The number of nitrogens with zero attached hydrogens (tertiary/aromatic N) is 4. The van der Waals surface area contributed by atoms with E-state index >= 15 is 0 Å². The molecule has 0 radical (unpaired) electrons. The van der Waals surface area contributed by atoms with E-state index in [1.165, 1.54) is 19.6 Å². The molecular formula is C29H35ClF5N5O3. The number of hydrogen-bond acceptors (Lipinski definition) is 8. The van der Waals surface area contributed by atoms with Crippen molar-refractivity contribution in [1.29, 1.82) is 0 Å². The van der Waals surface area contributed by atoms with E-state index in [4.69, 9.17) is 31.5 Å². The number of hydrogen-bond donors (Lipinski definition) is 1. The first-order valence-corrected chi connectivity index (χ1v) is 14.6. The third kappa shape index (κ3) is 7.16. The molecule has 0 amide bonds. The van der Waals surface area contributed by atoms with E-state index in [-0.39, 0.29) is 36.2 Å². The maximum atomic E-state index is 13.7. The minimum Gasteiger partial charge on any atom is -0.467 e. The van der Waals surface area contributed by atoms with Gasteiger partial charge in [-0.05, 0) is 49.4 Å². The van der Waals surface area contributed by atoms with Crippen LogP contribution in [-0.2, 0) is 28.7 Å². The number of fused-ring (bicyclic) bond motifs is 2. The van der Waals surface area contributed by atoms with Crippen LogP contribution in [0.25, 0.3) is 0 Å². The van der Waals surface area contributed by atoms with Crippen molar-refractivity contribution in [2.75, 3.05) is 57.1 Å². The summed E-state index contributed by atoms with van der Waals surface area (Å²) in [5, 5.41) is -0.457. The summed E-state index contributed by atoms with van der Waals surface area (Å²) in [6.45, 7) is 6.21. The summed E-state index contributed by atoms with van der Waals surface area (Å²) in [5.74, 6) is 0.944. The highest BCUT2D eigenvalue weighted by atomic mass is 35.5. The van der Waals surface area contributed by atoms with E-state index in [2.05, 4.69) is 26.7 Å². The van der Waals surface area contributed by atoms with Gasteiger partial charge in [0.15, 0.2) is 0 Å². The fourth-order valence-corrected chi connectivity index (χ4v) is 6.57. The number of nitrogen functional groups attached to an aromatic ring is 1. The molecule has 6 rings (SSSR count). The monoisotopic (exact) mass is 631 g/mol. The first-order chi connectivity index (χ1) is 20.4. The number of rotatable bonds is 3. The van der Waals surface area contributed by atoms with Crippen LogP contribution in [0, 0.1) is 5.92 Å². The van der Waals surface area contributed by atoms with Crippen molar-refractivity contribution in [2.45, 2.75) is 57.5 Å². The first-order valence-electron chi connectivity index (χ1n) is 14.3. The van der Waals surface area contributed by atoms with Gasteiger partial charge in [0.2, 0.25) is 0 Å². The molecule has 1 aromatic carbocycles. The van der Waals surface area contributed by atoms with Crippen LogP contribution in [0.4, 0.5) is 33.5 Å². The van der Waals surface area contributed by atoms with Crippen molar-refractivity contribution >= 4 is 23.1 Å². The lowest BCUT2D eigenvalue weighted by atomic mass is 9.94. The summed E-state index contributed by atoms with van der Waals surface area (Å²) < 4.78 is 82.3. The molecule has 3 atom stereocenters. The van der Waals surface area contributed by atoms with Gasteiger partial charge < -0.3 is 24.8 Å². The van der Waals surface area contributed by atoms with Crippen molar-refractivity contribution in [1.82, 2.24) is 14.9 Å². The average Bonchev–Trinajstić information content (AvgIpc) is 3.49. The van der Waals surface area contributed by atoms with E-state index < -0.39 is 28.9 Å². The minimum atomic E-state index is -4.65. The zero-order valence-corrected chi connectivity index (χ0v) is 24.8. The molecule has 0 saturated carbocycles. The lowest BCUT2D eigenvalue weighted by Gasteiger charge is -2.32. The molecule has 14 heteroatoms. The predicted molar refractivity (Wildman–Crippen MR) is 151 cm³/mol. The Morgan fingerprint density at radius 2 is 1.95 bits per heavy atom. The topological polar surface area (TPSA) is 86.0 Å². The van der Waals surface area contributed by atoms with Crippen LogP contribution in [0.2, 0.25) is 5.02 Å². The van der Waals surface area contributed by atoms with E-state index in [9.17, 15) is 22.0 Å². The summed E-state index contributed by atoms with van der Waals surface area (Å²) in [6.07, 6.45) is -4.01. The standard InChI is InChI=1S/C21H24ClF3N4O3.C8H11F2N/c1-11-8-29(3-4-31-9-11)19-14-10-32-17(7-16(14)27-20(28-19)30-2)13-5-12(26)6-15(22)18(13)21(23,24)25;9-8(10)6-4-7-2-1-3-11(7)5-6/h5-6,11,17H,3-4,7-10,26H2,1-2H3;7H,1-5H2. The molecule has 0 bridgehead atoms. The third-order valence-corrected chi connectivity index (χ3v) is 8.49.